The molecule has 0 bridgehead atoms. The van der Waals surface area contributed by atoms with Crippen LogP contribution in [0, 0.1) is 11.8 Å². The number of benzene rings is 1. The SMILES string of the molecule is CC(O)C(C)SCc1ccc(C#CCN)cc1. The molecule has 1 aromatic carbocycles. The second-order valence-electron chi connectivity index (χ2n) is 3.96. The van der Waals surface area contributed by atoms with Gasteiger partial charge in [0.2, 0.25) is 0 Å². The molecule has 1 rings (SSSR count). The van der Waals surface area contributed by atoms with E-state index in [0.29, 0.717) is 6.54 Å². The summed E-state index contributed by atoms with van der Waals surface area (Å²) in [6.07, 6.45) is -0.269. The topological polar surface area (TPSA) is 46.2 Å². The van der Waals surface area contributed by atoms with Crippen molar-refractivity contribution in [3.63, 3.8) is 0 Å². The number of hydrogen-bond acceptors (Lipinski definition) is 3. The second-order valence-corrected chi connectivity index (χ2v) is 5.33. The fraction of sp³-hybridized carbons (Fsp3) is 0.429. The van der Waals surface area contributed by atoms with E-state index in [4.69, 9.17) is 5.73 Å². The summed E-state index contributed by atoms with van der Waals surface area (Å²) in [4.78, 5) is 0. The van der Waals surface area contributed by atoms with Crippen LogP contribution < -0.4 is 5.73 Å². The third-order valence-electron chi connectivity index (χ3n) is 2.48. The van der Waals surface area contributed by atoms with Gasteiger partial charge in [0.1, 0.15) is 0 Å². The minimum atomic E-state index is -0.269. The van der Waals surface area contributed by atoms with Gasteiger partial charge in [0, 0.05) is 16.6 Å². The third-order valence-corrected chi connectivity index (χ3v) is 3.90. The van der Waals surface area contributed by atoms with E-state index in [1.54, 1.807) is 11.8 Å². The molecule has 0 aliphatic rings. The monoisotopic (exact) mass is 249 g/mol. The quantitative estimate of drug-likeness (QED) is 0.802. The summed E-state index contributed by atoms with van der Waals surface area (Å²) in [5.74, 6) is 6.73. The molecule has 0 saturated heterocycles. The van der Waals surface area contributed by atoms with E-state index in [2.05, 4.69) is 24.0 Å². The summed E-state index contributed by atoms with van der Waals surface area (Å²) in [6, 6.07) is 8.15. The Balaban J connectivity index is 2.51. The number of aliphatic hydroxyl groups excluding tert-OH is 1. The molecule has 17 heavy (non-hydrogen) atoms. The predicted octanol–water partition coefficient (Wildman–Crippen LogP) is 2.00. The van der Waals surface area contributed by atoms with Gasteiger partial charge >= 0.3 is 0 Å². The summed E-state index contributed by atoms with van der Waals surface area (Å²) >= 11 is 1.76. The zero-order chi connectivity index (χ0) is 12.7. The fourth-order valence-electron chi connectivity index (χ4n) is 1.20. The maximum atomic E-state index is 9.39. The average Bonchev–Trinajstić information content (AvgIpc) is 2.34. The van der Waals surface area contributed by atoms with Crippen molar-refractivity contribution in [3.05, 3.63) is 35.4 Å². The van der Waals surface area contributed by atoms with Crippen molar-refractivity contribution >= 4 is 11.8 Å². The summed E-state index contributed by atoms with van der Waals surface area (Å²) in [5.41, 5.74) is 7.56. The maximum Gasteiger partial charge on any atom is 0.0628 e. The lowest BCUT2D eigenvalue weighted by molar-refractivity contribution is 0.196. The van der Waals surface area contributed by atoms with Gasteiger partial charge in [0.15, 0.2) is 0 Å². The molecular weight excluding hydrogens is 230 g/mol. The van der Waals surface area contributed by atoms with Gasteiger partial charge in [0.25, 0.3) is 0 Å². The highest BCUT2D eigenvalue weighted by molar-refractivity contribution is 7.99. The summed E-state index contributed by atoms with van der Waals surface area (Å²) < 4.78 is 0. The molecule has 0 heterocycles. The zero-order valence-corrected chi connectivity index (χ0v) is 11.1. The highest BCUT2D eigenvalue weighted by atomic mass is 32.2. The van der Waals surface area contributed by atoms with Gasteiger partial charge in [0.05, 0.1) is 12.6 Å². The smallest absolute Gasteiger partial charge is 0.0628 e. The number of rotatable bonds is 4. The van der Waals surface area contributed by atoms with E-state index >= 15 is 0 Å². The number of nitrogens with two attached hydrogens (primary N) is 1. The van der Waals surface area contributed by atoms with E-state index in [9.17, 15) is 5.11 Å². The van der Waals surface area contributed by atoms with Crippen molar-refractivity contribution in [1.82, 2.24) is 0 Å². The first-order chi connectivity index (χ1) is 8.13. The minimum Gasteiger partial charge on any atom is -0.392 e. The highest BCUT2D eigenvalue weighted by Gasteiger charge is 2.08. The Bertz CT molecular complexity index is 389. The Morgan fingerprint density at radius 2 is 1.94 bits per heavy atom. The van der Waals surface area contributed by atoms with E-state index in [-0.39, 0.29) is 11.4 Å². The van der Waals surface area contributed by atoms with Crippen molar-refractivity contribution in [2.45, 2.75) is 31.0 Å². The van der Waals surface area contributed by atoms with Crippen molar-refractivity contribution in [3.8, 4) is 11.8 Å². The fourth-order valence-corrected chi connectivity index (χ4v) is 2.13. The maximum absolute atomic E-state index is 9.39. The molecule has 0 spiro atoms. The lowest BCUT2D eigenvalue weighted by atomic mass is 10.1. The molecule has 0 aromatic heterocycles. The van der Waals surface area contributed by atoms with Gasteiger partial charge in [-0.2, -0.15) is 11.8 Å². The van der Waals surface area contributed by atoms with Crippen LogP contribution in [0.3, 0.4) is 0 Å². The van der Waals surface area contributed by atoms with Gasteiger partial charge in [-0.1, -0.05) is 30.9 Å². The zero-order valence-electron chi connectivity index (χ0n) is 10.3. The molecule has 0 amide bonds. The Morgan fingerprint density at radius 3 is 2.47 bits per heavy atom. The predicted molar refractivity (Wildman–Crippen MR) is 74.8 cm³/mol. The third kappa shape index (κ3) is 5.27. The van der Waals surface area contributed by atoms with Crippen LogP contribution in [0.5, 0.6) is 0 Å². The molecule has 3 N–H and O–H groups in total. The van der Waals surface area contributed by atoms with E-state index < -0.39 is 0 Å². The van der Waals surface area contributed by atoms with Crippen LogP contribution in [0.4, 0.5) is 0 Å². The van der Waals surface area contributed by atoms with Crippen LogP contribution >= 0.6 is 11.8 Å². The van der Waals surface area contributed by atoms with Crippen LogP contribution in [0.15, 0.2) is 24.3 Å². The number of aliphatic hydroxyl groups is 1. The summed E-state index contributed by atoms with van der Waals surface area (Å²) in [7, 11) is 0. The highest BCUT2D eigenvalue weighted by Crippen LogP contribution is 2.20. The van der Waals surface area contributed by atoms with E-state index in [0.717, 1.165) is 11.3 Å². The lowest BCUT2D eigenvalue weighted by Gasteiger charge is -2.13. The number of thioether (sulfide) groups is 1. The largest absolute Gasteiger partial charge is 0.392 e. The van der Waals surface area contributed by atoms with Crippen molar-refractivity contribution in [2.75, 3.05) is 6.54 Å². The molecule has 0 radical (unpaired) electrons. The Kier molecular flexibility index (Phi) is 6.13. The van der Waals surface area contributed by atoms with Gasteiger partial charge in [-0.25, -0.2) is 0 Å². The molecule has 1 aromatic rings. The lowest BCUT2D eigenvalue weighted by Crippen LogP contribution is -2.15. The molecule has 0 aliphatic heterocycles. The van der Waals surface area contributed by atoms with E-state index in [1.165, 1.54) is 5.56 Å². The minimum absolute atomic E-state index is 0.256. The second kappa shape index (κ2) is 7.39. The van der Waals surface area contributed by atoms with Crippen LogP contribution in [-0.2, 0) is 5.75 Å². The van der Waals surface area contributed by atoms with Gasteiger partial charge < -0.3 is 10.8 Å². The van der Waals surface area contributed by atoms with E-state index in [1.807, 2.05) is 26.0 Å². The van der Waals surface area contributed by atoms with Crippen molar-refractivity contribution in [2.24, 2.45) is 5.73 Å². The first-order valence-corrected chi connectivity index (χ1v) is 6.76. The molecule has 2 nitrogen and oxygen atoms in total. The van der Waals surface area contributed by atoms with Crippen LogP contribution in [0.1, 0.15) is 25.0 Å². The molecular formula is C14H19NOS. The van der Waals surface area contributed by atoms with Crippen molar-refractivity contribution < 1.29 is 5.11 Å². The van der Waals surface area contributed by atoms with Crippen LogP contribution in [-0.4, -0.2) is 23.0 Å². The molecule has 2 atom stereocenters. The Morgan fingerprint density at radius 1 is 1.29 bits per heavy atom. The molecule has 0 saturated carbocycles. The van der Waals surface area contributed by atoms with Crippen LogP contribution in [0.2, 0.25) is 0 Å². The summed E-state index contributed by atoms with van der Waals surface area (Å²) in [5, 5.41) is 9.65. The molecule has 0 aliphatic carbocycles. The normalized spacial score (nSPS) is 13.6. The molecule has 92 valence electrons. The molecule has 2 unspecified atom stereocenters. The van der Waals surface area contributed by atoms with Gasteiger partial charge in [-0.15, -0.1) is 0 Å². The van der Waals surface area contributed by atoms with Crippen LogP contribution in [0.25, 0.3) is 0 Å². The molecule has 0 fully saturated rings. The Labute approximate surface area is 108 Å². The summed E-state index contributed by atoms with van der Waals surface area (Å²) in [6.45, 7) is 4.25. The number of hydrogen-bond donors (Lipinski definition) is 2. The van der Waals surface area contributed by atoms with Gasteiger partial charge in [-0.05, 0) is 24.6 Å². The van der Waals surface area contributed by atoms with Crippen molar-refractivity contribution in [1.29, 1.82) is 0 Å². The Hall–Kier alpha value is -0.950. The molecule has 3 heteroatoms. The average molecular weight is 249 g/mol. The first-order valence-electron chi connectivity index (χ1n) is 5.71. The van der Waals surface area contributed by atoms with Gasteiger partial charge in [-0.3, -0.25) is 0 Å². The standard InChI is InChI=1S/C14H19NOS/c1-11(16)12(2)17-10-14-7-5-13(6-8-14)4-3-9-15/h5-8,11-12,16H,9-10,15H2,1-2H3. The first kappa shape index (κ1) is 14.1.